The van der Waals surface area contributed by atoms with Gasteiger partial charge in [0.1, 0.15) is 0 Å². The summed E-state index contributed by atoms with van der Waals surface area (Å²) in [4.78, 5) is 4.65. The molecule has 168 valence electrons. The molecule has 0 atom stereocenters. The number of rotatable bonds is 2. The molecule has 0 amide bonds. The van der Waals surface area contributed by atoms with E-state index in [1.165, 1.54) is 48.9 Å². The van der Waals surface area contributed by atoms with Crippen molar-refractivity contribution in [3.8, 4) is 11.4 Å². The van der Waals surface area contributed by atoms with Crippen LogP contribution in [0.4, 0.5) is 0 Å². The normalized spacial score (nSPS) is 11.9. The predicted octanol–water partition coefficient (Wildman–Crippen LogP) is 8.43. The van der Waals surface area contributed by atoms with Gasteiger partial charge in [-0.15, -0.1) is 0 Å². The van der Waals surface area contributed by atoms with Gasteiger partial charge in [0.2, 0.25) is 0 Å². The van der Waals surface area contributed by atoms with Gasteiger partial charge in [0, 0.05) is 50.4 Å². The SMILES string of the molecule is c1ccc(-n2ccc3cc4c5ccc6ccccc6c5n(-c5cncc6ccccc56)c4cc32)cc1. The van der Waals surface area contributed by atoms with Gasteiger partial charge in [0.05, 0.1) is 28.4 Å². The largest absolute Gasteiger partial charge is 0.316 e. The number of hydrogen-bond donors (Lipinski definition) is 0. The van der Waals surface area contributed by atoms with Crippen LogP contribution in [0.1, 0.15) is 0 Å². The summed E-state index contributed by atoms with van der Waals surface area (Å²) in [7, 11) is 0. The third-order valence-electron chi connectivity index (χ3n) is 7.39. The minimum absolute atomic E-state index is 1.10. The van der Waals surface area contributed by atoms with Crippen molar-refractivity contribution >= 4 is 54.3 Å². The van der Waals surface area contributed by atoms with Crippen LogP contribution in [-0.2, 0) is 0 Å². The average Bonchev–Trinajstić information content (AvgIpc) is 3.50. The standard InChI is InChI=1S/C33H21N3/c1-2-10-25(11-3-1)35-17-16-23-18-29-28-15-14-22-8-4-7-13-27(22)33(28)36(31(29)19-30(23)35)32-21-34-20-24-9-5-6-12-26(24)32/h1-21H. The van der Waals surface area contributed by atoms with Crippen molar-refractivity contribution in [2.45, 2.75) is 0 Å². The summed E-state index contributed by atoms with van der Waals surface area (Å²) in [5, 5.41) is 8.55. The molecule has 0 aliphatic heterocycles. The highest BCUT2D eigenvalue weighted by molar-refractivity contribution is 6.21. The molecule has 0 aliphatic carbocycles. The highest BCUT2D eigenvalue weighted by atomic mass is 15.0. The fourth-order valence-corrected chi connectivity index (χ4v) is 5.75. The fourth-order valence-electron chi connectivity index (χ4n) is 5.75. The Morgan fingerprint density at radius 3 is 2.17 bits per heavy atom. The van der Waals surface area contributed by atoms with Crippen LogP contribution >= 0.6 is 0 Å². The number of benzene rings is 5. The molecule has 3 heterocycles. The highest BCUT2D eigenvalue weighted by Gasteiger charge is 2.18. The van der Waals surface area contributed by atoms with Gasteiger partial charge in [-0.05, 0) is 35.7 Å². The maximum atomic E-state index is 4.65. The minimum atomic E-state index is 1.10. The van der Waals surface area contributed by atoms with Crippen molar-refractivity contribution in [3.05, 3.63) is 128 Å². The lowest BCUT2D eigenvalue weighted by atomic mass is 10.1. The van der Waals surface area contributed by atoms with Crippen molar-refractivity contribution in [2.24, 2.45) is 0 Å². The number of pyridine rings is 1. The summed E-state index contributed by atoms with van der Waals surface area (Å²) in [6, 6.07) is 39.1. The van der Waals surface area contributed by atoms with E-state index in [1.807, 2.05) is 12.4 Å². The first-order chi connectivity index (χ1) is 17.9. The van der Waals surface area contributed by atoms with Crippen LogP contribution in [0.2, 0.25) is 0 Å². The second-order valence-electron chi connectivity index (χ2n) is 9.35. The molecule has 0 spiro atoms. The van der Waals surface area contributed by atoms with Gasteiger partial charge < -0.3 is 9.13 Å². The Kier molecular flexibility index (Phi) is 3.94. The third-order valence-corrected chi connectivity index (χ3v) is 7.39. The molecule has 3 heteroatoms. The van der Waals surface area contributed by atoms with Gasteiger partial charge in [0.15, 0.2) is 0 Å². The van der Waals surface area contributed by atoms with Crippen molar-refractivity contribution in [1.82, 2.24) is 14.1 Å². The zero-order valence-corrected chi connectivity index (χ0v) is 19.5. The number of nitrogens with zero attached hydrogens (tertiary/aromatic N) is 3. The summed E-state index contributed by atoms with van der Waals surface area (Å²) in [5.41, 5.74) is 5.85. The molecule has 3 aromatic heterocycles. The zero-order valence-electron chi connectivity index (χ0n) is 19.5. The second kappa shape index (κ2) is 7.30. The van der Waals surface area contributed by atoms with Crippen LogP contribution < -0.4 is 0 Å². The Hall–Kier alpha value is -4.89. The second-order valence-corrected chi connectivity index (χ2v) is 9.35. The lowest BCUT2D eigenvalue weighted by molar-refractivity contribution is 1.12. The van der Waals surface area contributed by atoms with Crippen molar-refractivity contribution < 1.29 is 0 Å². The first kappa shape index (κ1) is 19.4. The lowest BCUT2D eigenvalue weighted by Crippen LogP contribution is -1.97. The molecule has 0 radical (unpaired) electrons. The number of para-hydroxylation sites is 1. The number of fused-ring (bicyclic) bond motifs is 7. The minimum Gasteiger partial charge on any atom is -0.316 e. The number of hydrogen-bond acceptors (Lipinski definition) is 1. The molecule has 0 fully saturated rings. The van der Waals surface area contributed by atoms with Crippen LogP contribution in [0.5, 0.6) is 0 Å². The van der Waals surface area contributed by atoms with E-state index in [1.54, 1.807) is 0 Å². The predicted molar refractivity (Wildman–Crippen MR) is 150 cm³/mol. The molecule has 0 aliphatic rings. The topological polar surface area (TPSA) is 22.8 Å². The van der Waals surface area contributed by atoms with Crippen LogP contribution in [0, 0.1) is 0 Å². The first-order valence-electron chi connectivity index (χ1n) is 12.2. The summed E-state index contributed by atoms with van der Waals surface area (Å²) in [6.45, 7) is 0. The maximum Gasteiger partial charge on any atom is 0.0724 e. The van der Waals surface area contributed by atoms with E-state index in [0.717, 1.165) is 16.8 Å². The van der Waals surface area contributed by atoms with Crippen LogP contribution in [0.25, 0.3) is 65.6 Å². The molecule has 0 N–H and O–H groups in total. The lowest BCUT2D eigenvalue weighted by Gasteiger charge is -2.13. The molecular weight excluding hydrogens is 438 g/mol. The van der Waals surface area contributed by atoms with Crippen molar-refractivity contribution in [1.29, 1.82) is 0 Å². The Bertz CT molecular complexity index is 2090. The van der Waals surface area contributed by atoms with Gasteiger partial charge >= 0.3 is 0 Å². The summed E-state index contributed by atoms with van der Waals surface area (Å²) < 4.78 is 4.69. The average molecular weight is 460 g/mol. The summed E-state index contributed by atoms with van der Waals surface area (Å²) >= 11 is 0. The van der Waals surface area contributed by atoms with Crippen LogP contribution in [0.3, 0.4) is 0 Å². The molecule has 0 saturated carbocycles. The smallest absolute Gasteiger partial charge is 0.0724 e. The Balaban J connectivity index is 1.59. The Morgan fingerprint density at radius 2 is 1.28 bits per heavy atom. The van der Waals surface area contributed by atoms with Crippen LogP contribution in [-0.4, -0.2) is 14.1 Å². The van der Waals surface area contributed by atoms with Crippen LogP contribution in [0.15, 0.2) is 128 Å². The van der Waals surface area contributed by atoms with Crippen molar-refractivity contribution in [2.75, 3.05) is 0 Å². The Labute approximate surface area is 207 Å². The van der Waals surface area contributed by atoms with E-state index < -0.39 is 0 Å². The molecule has 0 saturated heterocycles. The zero-order chi connectivity index (χ0) is 23.6. The highest BCUT2D eigenvalue weighted by Crippen LogP contribution is 2.40. The van der Waals surface area contributed by atoms with Gasteiger partial charge in [0.25, 0.3) is 0 Å². The molecule has 5 aromatic carbocycles. The molecule has 0 bridgehead atoms. The quantitative estimate of drug-likeness (QED) is 0.254. The van der Waals surface area contributed by atoms with E-state index in [9.17, 15) is 0 Å². The summed E-state index contributed by atoms with van der Waals surface area (Å²) in [6.07, 6.45) is 6.12. The maximum absolute atomic E-state index is 4.65. The van der Waals surface area contributed by atoms with E-state index in [2.05, 4.69) is 130 Å². The van der Waals surface area contributed by atoms with E-state index >= 15 is 0 Å². The monoisotopic (exact) mass is 459 g/mol. The fraction of sp³-hybridized carbons (Fsp3) is 0. The molecule has 8 aromatic rings. The van der Waals surface area contributed by atoms with Gasteiger partial charge in [-0.3, -0.25) is 4.98 Å². The van der Waals surface area contributed by atoms with E-state index in [0.29, 0.717) is 0 Å². The molecule has 3 nitrogen and oxygen atoms in total. The van der Waals surface area contributed by atoms with Gasteiger partial charge in [-0.1, -0.05) is 78.9 Å². The molecule has 8 rings (SSSR count). The van der Waals surface area contributed by atoms with E-state index in [4.69, 9.17) is 0 Å². The molecule has 36 heavy (non-hydrogen) atoms. The van der Waals surface area contributed by atoms with Gasteiger partial charge in [-0.2, -0.15) is 0 Å². The molecular formula is C33H21N3. The third kappa shape index (κ3) is 2.65. The van der Waals surface area contributed by atoms with E-state index in [-0.39, 0.29) is 0 Å². The van der Waals surface area contributed by atoms with Crippen molar-refractivity contribution in [3.63, 3.8) is 0 Å². The first-order valence-corrected chi connectivity index (χ1v) is 12.2. The molecule has 0 unspecified atom stereocenters. The number of aromatic nitrogens is 3. The van der Waals surface area contributed by atoms with Gasteiger partial charge in [-0.25, -0.2) is 0 Å². The summed E-state index contributed by atoms with van der Waals surface area (Å²) in [5.74, 6) is 0. The Morgan fingerprint density at radius 1 is 0.500 bits per heavy atom.